The summed E-state index contributed by atoms with van der Waals surface area (Å²) < 4.78 is 0. The zero-order valence-corrected chi connectivity index (χ0v) is 10.8. The molecule has 2 aliphatic rings. The molecule has 1 saturated heterocycles. The van der Waals surface area contributed by atoms with Gasteiger partial charge in [0.1, 0.15) is 0 Å². The molecule has 5 nitrogen and oxygen atoms in total. The Hall–Kier alpha value is -1.75. The van der Waals surface area contributed by atoms with Crippen molar-refractivity contribution >= 4 is 17.3 Å². The average Bonchev–Trinajstić information content (AvgIpc) is 3.10. The number of likely N-dealkylation sites (tertiary alicyclic amines) is 1. The van der Waals surface area contributed by atoms with Crippen LogP contribution in [0.1, 0.15) is 29.6 Å². The number of nitrogens with two attached hydrogens (primary N) is 1. The number of rotatable bonds is 4. The number of anilines is 2. The second kappa shape index (κ2) is 4.74. The molecule has 0 amide bonds. The number of carboxylic acids is 1. The summed E-state index contributed by atoms with van der Waals surface area (Å²) in [6.45, 7) is 2.23. The van der Waals surface area contributed by atoms with Gasteiger partial charge in [-0.15, -0.1) is 0 Å². The molecule has 0 bridgehead atoms. The van der Waals surface area contributed by atoms with Crippen molar-refractivity contribution in [3.8, 4) is 0 Å². The van der Waals surface area contributed by atoms with Crippen molar-refractivity contribution in [3.63, 3.8) is 0 Å². The Labute approximate surface area is 112 Å². The molecule has 0 spiro atoms. The molecule has 102 valence electrons. The minimum atomic E-state index is -0.982. The standard InChI is InChI=1S/C14H19N3O2/c15-13-7-9(1-4-12(13)14(18)19)16-10-5-6-17(8-10)11-2-3-11/h1,4,7,10-11,16H,2-3,5-6,8,15H2,(H,18,19). The Morgan fingerprint density at radius 1 is 1.37 bits per heavy atom. The van der Waals surface area contributed by atoms with Crippen LogP contribution in [0.4, 0.5) is 11.4 Å². The van der Waals surface area contributed by atoms with Crippen LogP contribution < -0.4 is 11.1 Å². The van der Waals surface area contributed by atoms with Crippen LogP contribution in [0.2, 0.25) is 0 Å². The first kappa shape index (κ1) is 12.3. The number of carboxylic acid groups (broad SMARTS) is 1. The first-order chi connectivity index (χ1) is 9.13. The van der Waals surface area contributed by atoms with E-state index in [0.29, 0.717) is 11.7 Å². The van der Waals surface area contributed by atoms with E-state index in [0.717, 1.165) is 31.2 Å². The third-order valence-electron chi connectivity index (χ3n) is 3.94. The summed E-state index contributed by atoms with van der Waals surface area (Å²) in [6, 6.07) is 6.32. The summed E-state index contributed by atoms with van der Waals surface area (Å²) in [5.74, 6) is -0.982. The third kappa shape index (κ3) is 2.66. The Kier molecular flexibility index (Phi) is 3.06. The zero-order valence-electron chi connectivity index (χ0n) is 10.8. The Balaban J connectivity index is 1.63. The van der Waals surface area contributed by atoms with Crippen LogP contribution in [0.15, 0.2) is 18.2 Å². The molecule has 1 atom stereocenters. The van der Waals surface area contributed by atoms with E-state index in [4.69, 9.17) is 10.8 Å². The van der Waals surface area contributed by atoms with E-state index in [9.17, 15) is 4.79 Å². The van der Waals surface area contributed by atoms with Gasteiger partial charge in [0, 0.05) is 36.5 Å². The summed E-state index contributed by atoms with van der Waals surface area (Å²) in [5, 5.41) is 12.4. The van der Waals surface area contributed by atoms with Crippen LogP contribution in [-0.2, 0) is 0 Å². The van der Waals surface area contributed by atoms with Gasteiger partial charge in [0.05, 0.1) is 5.56 Å². The van der Waals surface area contributed by atoms with E-state index in [1.165, 1.54) is 12.8 Å². The number of benzene rings is 1. The lowest BCUT2D eigenvalue weighted by Crippen LogP contribution is -2.27. The van der Waals surface area contributed by atoms with Crippen molar-refractivity contribution < 1.29 is 9.90 Å². The minimum absolute atomic E-state index is 0.163. The van der Waals surface area contributed by atoms with Crippen LogP contribution >= 0.6 is 0 Å². The molecular weight excluding hydrogens is 242 g/mol. The maximum Gasteiger partial charge on any atom is 0.337 e. The maximum atomic E-state index is 10.9. The van der Waals surface area contributed by atoms with E-state index in [2.05, 4.69) is 10.2 Å². The van der Waals surface area contributed by atoms with Crippen LogP contribution in [0, 0.1) is 0 Å². The Morgan fingerprint density at radius 3 is 2.79 bits per heavy atom. The molecule has 3 rings (SSSR count). The molecule has 1 heterocycles. The van der Waals surface area contributed by atoms with Gasteiger partial charge in [-0.3, -0.25) is 4.90 Å². The molecule has 1 aliphatic heterocycles. The fraction of sp³-hybridized carbons (Fsp3) is 0.500. The highest BCUT2D eigenvalue weighted by Crippen LogP contribution is 2.30. The SMILES string of the molecule is Nc1cc(NC2CCN(C3CC3)C2)ccc1C(=O)O. The van der Waals surface area contributed by atoms with Crippen molar-refractivity contribution in [2.45, 2.75) is 31.3 Å². The van der Waals surface area contributed by atoms with Gasteiger partial charge in [-0.05, 0) is 37.5 Å². The number of nitrogens with zero attached hydrogens (tertiary/aromatic N) is 1. The number of hydrogen-bond acceptors (Lipinski definition) is 4. The highest BCUT2D eigenvalue weighted by molar-refractivity contribution is 5.94. The normalized spacial score (nSPS) is 23.5. The van der Waals surface area contributed by atoms with Crippen LogP contribution in [0.25, 0.3) is 0 Å². The predicted molar refractivity (Wildman–Crippen MR) is 74.4 cm³/mol. The lowest BCUT2D eigenvalue weighted by atomic mass is 10.1. The number of nitrogens with one attached hydrogen (secondary N) is 1. The van der Waals surface area contributed by atoms with Crippen LogP contribution in [0.3, 0.4) is 0 Å². The van der Waals surface area contributed by atoms with Crippen LogP contribution in [0.5, 0.6) is 0 Å². The van der Waals surface area contributed by atoms with Gasteiger partial charge in [0.25, 0.3) is 0 Å². The fourth-order valence-corrected chi connectivity index (χ4v) is 2.76. The molecule has 5 heteroatoms. The minimum Gasteiger partial charge on any atom is -0.478 e. The molecule has 0 radical (unpaired) electrons. The molecule has 19 heavy (non-hydrogen) atoms. The van der Waals surface area contributed by atoms with Gasteiger partial charge in [-0.25, -0.2) is 4.79 Å². The van der Waals surface area contributed by atoms with Gasteiger partial charge in [-0.2, -0.15) is 0 Å². The fourth-order valence-electron chi connectivity index (χ4n) is 2.76. The van der Waals surface area contributed by atoms with Gasteiger partial charge in [0.15, 0.2) is 0 Å². The summed E-state index contributed by atoms with van der Waals surface area (Å²) in [7, 11) is 0. The smallest absolute Gasteiger partial charge is 0.337 e. The molecule has 4 N–H and O–H groups in total. The summed E-state index contributed by atoms with van der Waals surface area (Å²) in [6.07, 6.45) is 3.82. The van der Waals surface area contributed by atoms with E-state index >= 15 is 0 Å². The first-order valence-corrected chi connectivity index (χ1v) is 6.77. The zero-order chi connectivity index (χ0) is 13.4. The van der Waals surface area contributed by atoms with E-state index < -0.39 is 5.97 Å². The van der Waals surface area contributed by atoms with Gasteiger partial charge in [0.2, 0.25) is 0 Å². The molecule has 1 aromatic rings. The summed E-state index contributed by atoms with van der Waals surface area (Å²) >= 11 is 0. The lowest BCUT2D eigenvalue weighted by molar-refractivity contribution is 0.0698. The number of aromatic carboxylic acids is 1. The predicted octanol–water partition coefficient (Wildman–Crippen LogP) is 1.62. The average molecular weight is 261 g/mol. The van der Waals surface area contributed by atoms with Crippen molar-refractivity contribution in [3.05, 3.63) is 23.8 Å². The monoisotopic (exact) mass is 261 g/mol. The number of hydrogen-bond donors (Lipinski definition) is 3. The highest BCUT2D eigenvalue weighted by atomic mass is 16.4. The van der Waals surface area contributed by atoms with E-state index in [1.807, 2.05) is 0 Å². The molecule has 0 aromatic heterocycles. The third-order valence-corrected chi connectivity index (χ3v) is 3.94. The lowest BCUT2D eigenvalue weighted by Gasteiger charge is -2.17. The number of carbonyl (C=O) groups is 1. The topological polar surface area (TPSA) is 78.6 Å². The Morgan fingerprint density at radius 2 is 2.16 bits per heavy atom. The number of nitrogen functional groups attached to an aromatic ring is 1. The van der Waals surface area contributed by atoms with Gasteiger partial charge in [-0.1, -0.05) is 0 Å². The van der Waals surface area contributed by atoms with Crippen molar-refractivity contribution in [1.29, 1.82) is 0 Å². The van der Waals surface area contributed by atoms with E-state index in [-0.39, 0.29) is 5.56 Å². The summed E-state index contributed by atoms with van der Waals surface area (Å²) in [5.41, 5.74) is 7.14. The Bertz CT molecular complexity index is 499. The second-order valence-corrected chi connectivity index (χ2v) is 5.46. The molecular formula is C14H19N3O2. The molecule has 1 unspecified atom stereocenters. The van der Waals surface area contributed by atoms with Crippen molar-refractivity contribution in [2.75, 3.05) is 24.1 Å². The molecule has 1 saturated carbocycles. The van der Waals surface area contributed by atoms with Gasteiger partial charge < -0.3 is 16.2 Å². The summed E-state index contributed by atoms with van der Waals surface area (Å²) in [4.78, 5) is 13.4. The maximum absolute atomic E-state index is 10.9. The highest BCUT2D eigenvalue weighted by Gasteiger charge is 2.34. The van der Waals surface area contributed by atoms with Crippen molar-refractivity contribution in [2.24, 2.45) is 0 Å². The largest absolute Gasteiger partial charge is 0.478 e. The molecule has 2 fully saturated rings. The van der Waals surface area contributed by atoms with Gasteiger partial charge >= 0.3 is 5.97 Å². The molecule has 1 aromatic carbocycles. The molecule has 1 aliphatic carbocycles. The first-order valence-electron chi connectivity index (χ1n) is 6.77. The quantitative estimate of drug-likeness (QED) is 0.718. The van der Waals surface area contributed by atoms with Crippen LogP contribution in [-0.4, -0.2) is 41.1 Å². The van der Waals surface area contributed by atoms with Crippen molar-refractivity contribution in [1.82, 2.24) is 4.90 Å². The second-order valence-electron chi connectivity index (χ2n) is 5.46. The van der Waals surface area contributed by atoms with E-state index in [1.54, 1.807) is 18.2 Å².